The van der Waals surface area contributed by atoms with Crippen LogP contribution in [0.3, 0.4) is 0 Å². The highest BCUT2D eigenvalue weighted by molar-refractivity contribution is 6.57. The van der Waals surface area contributed by atoms with Gasteiger partial charge in [0, 0.05) is 11.1 Å². The zero-order valence-electron chi connectivity index (χ0n) is 10.3. The normalized spacial score (nSPS) is 11.9. The molecule has 0 N–H and O–H groups in total. The van der Waals surface area contributed by atoms with Gasteiger partial charge in [-0.2, -0.15) is 13.2 Å². The molecule has 11 heteroatoms. The summed E-state index contributed by atoms with van der Waals surface area (Å²) in [5.74, 6) is 0. The summed E-state index contributed by atoms with van der Waals surface area (Å²) in [6.07, 6.45) is -4.73. The van der Waals surface area contributed by atoms with E-state index in [0.717, 1.165) is 0 Å². The quantitative estimate of drug-likeness (QED) is 0.235. The fourth-order valence-corrected chi connectivity index (χ4v) is 3.63. The van der Waals surface area contributed by atoms with Crippen molar-refractivity contribution >= 4 is 81.2 Å². The topological polar surface area (TPSA) is 12.9 Å². The Morgan fingerprint density at radius 3 is 1.52 bits per heavy atom. The molecule has 2 aromatic rings. The van der Waals surface area contributed by atoms with Crippen LogP contribution in [0.15, 0.2) is 6.07 Å². The Kier molecular flexibility index (Phi) is 5.80. The molecule has 0 aliphatic heterocycles. The Labute approximate surface area is 163 Å². The van der Waals surface area contributed by atoms with Gasteiger partial charge in [0.05, 0.1) is 30.1 Å². The van der Waals surface area contributed by atoms with Crippen molar-refractivity contribution in [1.29, 1.82) is 0 Å². The maximum absolute atomic E-state index is 12.7. The van der Waals surface area contributed by atoms with Crippen molar-refractivity contribution in [2.24, 2.45) is 0 Å². The minimum atomic E-state index is -4.73. The van der Waals surface area contributed by atoms with Crippen LogP contribution >= 0.6 is 81.2 Å². The molecule has 1 aromatic carbocycles. The molecule has 23 heavy (non-hydrogen) atoms. The number of rotatable bonds is 1. The molecule has 0 amide bonds. The summed E-state index contributed by atoms with van der Waals surface area (Å²) in [6.45, 7) is 0. The van der Waals surface area contributed by atoms with Crippen molar-refractivity contribution in [3.63, 3.8) is 0 Å². The van der Waals surface area contributed by atoms with Gasteiger partial charge in [0.15, 0.2) is 0 Å². The molecule has 0 unspecified atom stereocenters. The first kappa shape index (κ1) is 19.5. The van der Waals surface area contributed by atoms with Crippen LogP contribution in [0.25, 0.3) is 11.1 Å². The third-order valence-corrected chi connectivity index (χ3v) is 5.53. The van der Waals surface area contributed by atoms with Gasteiger partial charge in [-0.3, -0.25) is 0 Å². The van der Waals surface area contributed by atoms with E-state index < -0.39 is 17.0 Å². The molecule has 0 atom stereocenters. The molecule has 0 radical (unpaired) electrons. The highest BCUT2D eigenvalue weighted by Gasteiger charge is 2.35. The molecular weight excluding hydrogens is 463 g/mol. The number of alkyl halides is 3. The molecule has 1 nitrogen and oxygen atoms in total. The van der Waals surface area contributed by atoms with Gasteiger partial charge >= 0.3 is 6.18 Å². The Morgan fingerprint density at radius 2 is 1.13 bits per heavy atom. The molecule has 0 bridgehead atoms. The lowest BCUT2D eigenvalue weighted by Gasteiger charge is -2.16. The second kappa shape index (κ2) is 6.83. The number of hydrogen-bond donors (Lipinski definition) is 0. The smallest absolute Gasteiger partial charge is 0.231 e. The molecule has 2 rings (SSSR count). The van der Waals surface area contributed by atoms with Crippen molar-refractivity contribution in [1.82, 2.24) is 4.98 Å². The van der Waals surface area contributed by atoms with Crippen LogP contribution in [0.1, 0.15) is 5.69 Å². The van der Waals surface area contributed by atoms with Gasteiger partial charge in [0.2, 0.25) is 0 Å². The monoisotopic (exact) mass is 461 g/mol. The number of pyridine rings is 1. The lowest BCUT2D eigenvalue weighted by atomic mass is 10.1. The summed E-state index contributed by atoms with van der Waals surface area (Å²) in [5.41, 5.74) is -1.48. The molecule has 1 heterocycles. The average Bonchev–Trinajstić information content (AvgIpc) is 2.44. The van der Waals surface area contributed by atoms with Gasteiger partial charge in [-0.05, 0) is 6.07 Å². The molecule has 0 aliphatic rings. The van der Waals surface area contributed by atoms with E-state index in [2.05, 4.69) is 4.98 Å². The van der Waals surface area contributed by atoms with E-state index in [1.165, 1.54) is 0 Å². The Balaban J connectivity index is 2.84. The first-order chi connectivity index (χ1) is 10.5. The predicted molar refractivity (Wildman–Crippen MR) is 89.7 cm³/mol. The van der Waals surface area contributed by atoms with Gasteiger partial charge in [-0.15, -0.1) is 0 Å². The Hall–Kier alpha value is 0.190. The summed E-state index contributed by atoms with van der Waals surface area (Å²) in [4.78, 5) is 3.27. The Morgan fingerprint density at radius 1 is 0.696 bits per heavy atom. The summed E-state index contributed by atoms with van der Waals surface area (Å²) >= 11 is 41.5. The van der Waals surface area contributed by atoms with Crippen LogP contribution in [0.2, 0.25) is 35.3 Å². The highest BCUT2D eigenvalue weighted by atomic mass is 35.5. The molecule has 0 saturated heterocycles. The van der Waals surface area contributed by atoms with E-state index in [0.29, 0.717) is 6.07 Å². The summed E-state index contributed by atoms with van der Waals surface area (Å²) in [7, 11) is 0. The van der Waals surface area contributed by atoms with Crippen LogP contribution in [-0.4, -0.2) is 4.98 Å². The minimum absolute atomic E-state index is 0.0658. The zero-order valence-corrected chi connectivity index (χ0v) is 15.6. The first-order valence-corrected chi connectivity index (χ1v) is 8.06. The van der Waals surface area contributed by atoms with Gasteiger partial charge in [0.25, 0.3) is 0 Å². The number of hydrogen-bond acceptors (Lipinski definition) is 1. The van der Waals surface area contributed by atoms with Crippen molar-refractivity contribution < 1.29 is 13.2 Å². The van der Waals surface area contributed by atoms with E-state index in [9.17, 15) is 13.2 Å². The number of aromatic nitrogens is 1. The first-order valence-electron chi connectivity index (χ1n) is 5.41. The van der Waals surface area contributed by atoms with Crippen LogP contribution in [0, 0.1) is 0 Å². The number of halogens is 10. The maximum Gasteiger partial charge on any atom is 0.433 e. The van der Waals surface area contributed by atoms with Crippen molar-refractivity contribution in [2.45, 2.75) is 6.18 Å². The highest BCUT2D eigenvalue weighted by Crippen LogP contribution is 2.51. The Bertz CT molecular complexity index is 752. The van der Waals surface area contributed by atoms with E-state index in [-0.39, 0.29) is 41.3 Å². The van der Waals surface area contributed by atoms with Crippen molar-refractivity contribution in [2.75, 3.05) is 0 Å². The molecule has 1 aromatic heterocycles. The van der Waals surface area contributed by atoms with Gasteiger partial charge in [0.1, 0.15) is 10.8 Å². The van der Waals surface area contributed by atoms with Gasteiger partial charge < -0.3 is 0 Å². The lowest BCUT2D eigenvalue weighted by molar-refractivity contribution is -0.141. The van der Waals surface area contributed by atoms with Crippen LogP contribution in [0.4, 0.5) is 13.2 Å². The zero-order chi connectivity index (χ0) is 17.7. The average molecular weight is 464 g/mol. The van der Waals surface area contributed by atoms with E-state index >= 15 is 0 Å². The second-order valence-electron chi connectivity index (χ2n) is 4.10. The van der Waals surface area contributed by atoms with Gasteiger partial charge in [-0.1, -0.05) is 81.2 Å². The fourth-order valence-electron chi connectivity index (χ4n) is 1.68. The summed E-state index contributed by atoms with van der Waals surface area (Å²) in [6, 6.07) is 0.589. The number of nitrogens with zero attached hydrogens (tertiary/aromatic N) is 1. The largest absolute Gasteiger partial charge is 0.433 e. The number of benzene rings is 1. The molecular formula is C12HCl7F3N. The molecule has 124 valence electrons. The molecule has 0 fully saturated rings. The van der Waals surface area contributed by atoms with Crippen molar-refractivity contribution in [3.05, 3.63) is 47.0 Å². The minimum Gasteiger partial charge on any atom is -0.231 e. The van der Waals surface area contributed by atoms with E-state index in [4.69, 9.17) is 81.2 Å². The van der Waals surface area contributed by atoms with E-state index in [1.807, 2.05) is 0 Å². The summed E-state index contributed by atoms with van der Waals surface area (Å²) < 4.78 is 38.2. The second-order valence-corrected chi connectivity index (χ2v) is 6.75. The van der Waals surface area contributed by atoms with E-state index in [1.54, 1.807) is 0 Å². The fraction of sp³-hybridized carbons (Fsp3) is 0.0833. The predicted octanol–water partition coefficient (Wildman–Crippen LogP) is 8.34. The molecule has 0 spiro atoms. The van der Waals surface area contributed by atoms with Crippen LogP contribution in [-0.2, 0) is 6.18 Å². The van der Waals surface area contributed by atoms with Crippen LogP contribution in [0.5, 0.6) is 0 Å². The SMILES string of the molecule is FC(F)(F)c1cc(Cl)c(-c2c(Cl)c(Cl)c(Cl)c(Cl)c2Cl)c(Cl)n1. The molecule has 0 aliphatic carbocycles. The van der Waals surface area contributed by atoms with Crippen LogP contribution < -0.4 is 0 Å². The summed E-state index contributed by atoms with van der Waals surface area (Å²) in [5, 5.41) is -1.69. The maximum atomic E-state index is 12.7. The lowest BCUT2D eigenvalue weighted by Crippen LogP contribution is -2.08. The third kappa shape index (κ3) is 3.59. The van der Waals surface area contributed by atoms with Gasteiger partial charge in [-0.25, -0.2) is 4.98 Å². The van der Waals surface area contributed by atoms with Crippen molar-refractivity contribution in [3.8, 4) is 11.1 Å². The third-order valence-electron chi connectivity index (χ3n) is 2.68. The standard InChI is InChI=1S/C12HCl7F3N/c13-2-1-3(12(20,21)22)23-11(19)4(2)5-6(14)8(16)10(18)9(17)7(5)15/h1H. The molecule has 0 saturated carbocycles.